The highest BCUT2D eigenvalue weighted by Crippen LogP contribution is 2.31. The second-order valence-corrected chi connectivity index (χ2v) is 33.3. The number of ether oxygens (including phenoxy) is 5. The van der Waals surface area contributed by atoms with Crippen LogP contribution in [0.1, 0.15) is 27.7 Å². The molecule has 15 heterocycles. The lowest BCUT2D eigenvalue weighted by Crippen LogP contribution is -2.54. The molecule has 5 aliphatic rings. The first kappa shape index (κ1) is 90.1. The van der Waals surface area contributed by atoms with Crippen LogP contribution in [0.25, 0.3) is 84.5 Å². The molecule has 20 rings (SSSR count). The number of likely N-dealkylation sites (N-methyl/N-ethyl adjacent to an activating group) is 2. The first-order valence-corrected chi connectivity index (χ1v) is 44.5. The number of aromatic nitrogens is 10. The van der Waals surface area contributed by atoms with E-state index in [4.69, 9.17) is 23.7 Å². The van der Waals surface area contributed by atoms with Crippen LogP contribution in [-0.2, 0) is 0 Å². The number of anilines is 5. The summed E-state index contributed by atoms with van der Waals surface area (Å²) in [6, 6.07) is 66.8. The Morgan fingerprint density at radius 2 is 0.573 bits per heavy atom. The highest BCUT2D eigenvalue weighted by Gasteiger charge is 2.25. The summed E-state index contributed by atoms with van der Waals surface area (Å²) < 4.78 is 34.4. The fraction of sp³-hybridized carbons (Fsp3) is 0.307. The Labute approximate surface area is 759 Å². The van der Waals surface area contributed by atoms with Crippen LogP contribution in [0.4, 0.5) is 28.4 Å². The zero-order valence-corrected chi connectivity index (χ0v) is 75.7. The summed E-state index contributed by atoms with van der Waals surface area (Å²) in [5.41, 5.74) is 15.7. The average molecular weight is 1770 g/mol. The SMILES string of the molecule is CCN1CCN(c2ccc3nc(-c4cccc(OC)c4)cc(=O)n3c2)CC1.COc1cccc(-c2cc(=O)n3cc(N4CCN(C)CC4)ccc3n2)c1.COc1cccc(-c2cc(=O)n3cc(N4CCNCC4)ccc3n2)c1.COc1cccc(-c2cc(=O)n3cc(N4CCN[C@H](C)C4)ccc3n2)c1.COc1cccc(-c2cc(=O)n3cc(N4C[C@@H](C)N[C@@H](C)C4)ccc3n2)c1. The minimum absolute atomic E-state index is 0.0770. The van der Waals surface area contributed by atoms with Crippen molar-refractivity contribution in [2.24, 2.45) is 0 Å². The molecule has 5 saturated heterocycles. The smallest absolute Gasteiger partial charge is 0.258 e. The molecule has 0 bridgehead atoms. The molecular weight excluding hydrogens is 1650 g/mol. The zero-order chi connectivity index (χ0) is 91.2. The van der Waals surface area contributed by atoms with Crippen molar-refractivity contribution in [1.29, 1.82) is 0 Å². The second kappa shape index (κ2) is 41.4. The van der Waals surface area contributed by atoms with E-state index in [0.29, 0.717) is 74.8 Å². The van der Waals surface area contributed by atoms with Gasteiger partial charge in [0.2, 0.25) is 0 Å². The minimum Gasteiger partial charge on any atom is -0.497 e. The van der Waals surface area contributed by atoms with E-state index in [1.165, 1.54) is 0 Å². The topological polar surface area (TPSA) is 277 Å². The summed E-state index contributed by atoms with van der Waals surface area (Å²) in [7, 11) is 10.3. The van der Waals surface area contributed by atoms with Crippen molar-refractivity contribution in [2.45, 2.75) is 45.8 Å². The molecule has 676 valence electrons. The van der Waals surface area contributed by atoms with Gasteiger partial charge in [0.05, 0.1) is 92.5 Å². The number of methoxy groups -OCH3 is 5. The monoisotopic (exact) mass is 1760 g/mol. The van der Waals surface area contributed by atoms with Gasteiger partial charge in [-0.05, 0) is 156 Å². The van der Waals surface area contributed by atoms with Crippen LogP contribution in [0.15, 0.2) is 267 Å². The Balaban J connectivity index is 0.000000120. The van der Waals surface area contributed by atoms with Crippen LogP contribution in [0.5, 0.6) is 28.7 Å². The summed E-state index contributed by atoms with van der Waals surface area (Å²) in [5, 5.41) is 10.3. The molecule has 0 spiro atoms. The quantitative estimate of drug-likeness (QED) is 0.0810. The van der Waals surface area contributed by atoms with E-state index >= 15 is 0 Å². The van der Waals surface area contributed by atoms with Crippen LogP contribution in [-0.4, -0.2) is 235 Å². The van der Waals surface area contributed by atoms with Crippen LogP contribution < -0.4 is 91.9 Å². The molecule has 5 aliphatic heterocycles. The predicted octanol–water partition coefficient (Wildman–Crippen LogP) is 11.1. The largest absolute Gasteiger partial charge is 0.497 e. The molecule has 0 unspecified atom stereocenters. The number of hydrogen-bond donors (Lipinski definition) is 3. The molecule has 0 radical (unpaired) electrons. The van der Waals surface area contributed by atoms with Crippen molar-refractivity contribution >= 4 is 56.7 Å². The van der Waals surface area contributed by atoms with Gasteiger partial charge in [0.25, 0.3) is 27.8 Å². The summed E-state index contributed by atoms with van der Waals surface area (Å²) in [6.45, 7) is 26.3. The molecule has 10 aromatic heterocycles. The van der Waals surface area contributed by atoms with Crippen molar-refractivity contribution < 1.29 is 23.7 Å². The lowest BCUT2D eigenvalue weighted by molar-refractivity contribution is 0.271. The molecule has 15 aromatic rings. The number of piperazine rings is 5. The molecule has 0 aliphatic carbocycles. The van der Waals surface area contributed by atoms with Gasteiger partial charge in [-0.25, -0.2) is 24.9 Å². The van der Waals surface area contributed by atoms with Gasteiger partial charge in [-0.3, -0.25) is 46.0 Å². The highest BCUT2D eigenvalue weighted by molar-refractivity contribution is 5.70. The van der Waals surface area contributed by atoms with Crippen molar-refractivity contribution in [3.05, 3.63) is 295 Å². The Kier molecular flexibility index (Phi) is 28.5. The van der Waals surface area contributed by atoms with Crippen molar-refractivity contribution in [1.82, 2.24) is 72.7 Å². The summed E-state index contributed by atoms with van der Waals surface area (Å²) >= 11 is 0. The third-order valence-electron chi connectivity index (χ3n) is 24.2. The maximum absolute atomic E-state index is 12.8. The first-order valence-electron chi connectivity index (χ1n) is 44.5. The lowest BCUT2D eigenvalue weighted by atomic mass is 10.1. The molecule has 30 nitrogen and oxygen atoms in total. The Morgan fingerprint density at radius 1 is 0.305 bits per heavy atom. The molecule has 5 fully saturated rings. The molecule has 3 N–H and O–H groups in total. The van der Waals surface area contributed by atoms with E-state index in [9.17, 15) is 24.0 Å². The third-order valence-corrected chi connectivity index (χ3v) is 24.2. The Bertz CT molecular complexity index is 6870. The van der Waals surface area contributed by atoms with Crippen molar-refractivity contribution in [3.8, 4) is 85.0 Å². The van der Waals surface area contributed by atoms with E-state index in [-0.39, 0.29) is 27.8 Å². The fourth-order valence-electron chi connectivity index (χ4n) is 17.1. The number of hydrogen-bond acceptors (Lipinski definition) is 25. The van der Waals surface area contributed by atoms with E-state index in [1.807, 2.05) is 207 Å². The van der Waals surface area contributed by atoms with Gasteiger partial charge < -0.3 is 73.9 Å². The van der Waals surface area contributed by atoms with Gasteiger partial charge in [-0.2, -0.15) is 0 Å². The van der Waals surface area contributed by atoms with Gasteiger partial charge in [-0.15, -0.1) is 0 Å². The second-order valence-electron chi connectivity index (χ2n) is 33.3. The minimum atomic E-state index is -0.0871. The van der Waals surface area contributed by atoms with Crippen LogP contribution in [0, 0.1) is 0 Å². The van der Waals surface area contributed by atoms with Crippen molar-refractivity contribution in [2.75, 3.05) is 185 Å². The Morgan fingerprint density at radius 3 is 0.863 bits per heavy atom. The normalized spacial score (nSPS) is 16.6. The standard InChI is InChI=1S/2C21H24N4O2.2C20H22N4O2.C19H20N4O2/c1-14-11-24(12-15(2)22-14)17-7-8-20-23-19(10-21(26)25(20)13-17)16-5-4-6-18(9-16)27-3;1-3-23-9-11-24(12-10-23)17-7-8-20-22-19(14-21(26)25(20)15-17)16-5-4-6-18(13-16)27-2;1-22-8-10-23(11-9-22)16-6-7-19-21-18(13-20(25)24(19)14-16)15-4-3-5-17(12-15)26-2;1-14-12-23(9-8-21-14)16-6-7-19-22-18(11-20(25)24(19)13-16)15-4-3-5-17(10-15)26-2;1-25-16-4-2-3-14(11-16)17-12-19(24)23-13-15(5-6-18(23)21-17)22-9-7-20-8-10-22/h4-10,13-15,22H,11-12H2,1-3H3;4-8,13-15H,3,9-12H2,1-2H3;3-7,12-14H,8-11H2,1-2H3;3-7,10-11,13-14,21H,8-9,12H2,1-2H3;2-6,11-13,20H,7-10H2,1H3/t14-,15+;;;14-;/m...1./s1. The maximum atomic E-state index is 12.8. The lowest BCUT2D eigenvalue weighted by Gasteiger charge is -2.37. The molecule has 131 heavy (non-hydrogen) atoms. The summed E-state index contributed by atoms with van der Waals surface area (Å²) in [4.78, 5) is 103. The van der Waals surface area contributed by atoms with Gasteiger partial charge >= 0.3 is 0 Å². The average Bonchev–Trinajstić information content (AvgIpc) is 0.803. The summed E-state index contributed by atoms with van der Waals surface area (Å²) in [6.07, 6.45) is 9.46. The molecule has 0 amide bonds. The molecule has 3 atom stereocenters. The van der Waals surface area contributed by atoms with Crippen LogP contribution in [0.2, 0.25) is 0 Å². The first-order chi connectivity index (χ1) is 63.7. The van der Waals surface area contributed by atoms with Gasteiger partial charge in [0.1, 0.15) is 57.0 Å². The molecule has 30 heteroatoms. The molecular formula is C101H112N20O10. The number of pyridine rings is 5. The number of nitrogens with one attached hydrogen (secondary N) is 3. The number of fused-ring (bicyclic) bond motifs is 5. The van der Waals surface area contributed by atoms with Gasteiger partial charge in [0.15, 0.2) is 0 Å². The zero-order valence-electron chi connectivity index (χ0n) is 75.7. The van der Waals surface area contributed by atoms with Gasteiger partial charge in [0, 0.05) is 219 Å². The summed E-state index contributed by atoms with van der Waals surface area (Å²) in [5.74, 6) is 3.72. The van der Waals surface area contributed by atoms with E-state index in [2.05, 4.69) is 116 Å². The van der Waals surface area contributed by atoms with E-state index < -0.39 is 0 Å². The predicted molar refractivity (Wildman–Crippen MR) is 520 cm³/mol. The Hall–Kier alpha value is -14.3. The van der Waals surface area contributed by atoms with Gasteiger partial charge in [-0.1, -0.05) is 67.6 Å². The highest BCUT2D eigenvalue weighted by atomic mass is 16.5. The third kappa shape index (κ3) is 21.7. The van der Waals surface area contributed by atoms with E-state index in [0.717, 1.165) is 203 Å². The number of rotatable bonds is 16. The van der Waals surface area contributed by atoms with Crippen molar-refractivity contribution in [3.63, 3.8) is 0 Å². The van der Waals surface area contributed by atoms with Crippen LogP contribution in [0.3, 0.4) is 0 Å². The van der Waals surface area contributed by atoms with E-state index in [1.54, 1.807) is 87.9 Å². The number of benzene rings is 5. The number of nitrogens with zero attached hydrogens (tertiary/aromatic N) is 17. The molecule has 5 aromatic carbocycles. The fourth-order valence-corrected chi connectivity index (χ4v) is 17.1. The maximum Gasteiger partial charge on any atom is 0.258 e. The van der Waals surface area contributed by atoms with Crippen LogP contribution >= 0.6 is 0 Å². The molecule has 0 saturated carbocycles.